The van der Waals surface area contributed by atoms with Crippen LogP contribution in [0.1, 0.15) is 32.6 Å². The second-order valence-electron chi connectivity index (χ2n) is 5.24. The van der Waals surface area contributed by atoms with Gasteiger partial charge in [0.05, 0.1) is 0 Å². The van der Waals surface area contributed by atoms with E-state index in [0.717, 1.165) is 25.4 Å². The van der Waals surface area contributed by atoms with Crippen molar-refractivity contribution >= 4 is 17.5 Å². The SMILES string of the molecule is CCC1CCCN(c2nc(Cl)nc(-n3cncn3)n2)CC1. The predicted octanol–water partition coefficient (Wildman–Crippen LogP) is 2.12. The molecule has 0 aromatic carbocycles. The molecule has 0 N–H and O–H groups in total. The minimum atomic E-state index is 0.182. The Kier molecular flexibility index (Phi) is 4.28. The van der Waals surface area contributed by atoms with E-state index >= 15 is 0 Å². The van der Waals surface area contributed by atoms with Gasteiger partial charge in [-0.1, -0.05) is 13.3 Å². The van der Waals surface area contributed by atoms with Crippen molar-refractivity contribution < 1.29 is 0 Å². The van der Waals surface area contributed by atoms with E-state index in [1.54, 1.807) is 6.33 Å². The van der Waals surface area contributed by atoms with E-state index in [2.05, 4.69) is 36.9 Å². The van der Waals surface area contributed by atoms with Crippen LogP contribution in [0.5, 0.6) is 0 Å². The van der Waals surface area contributed by atoms with Crippen molar-refractivity contribution in [2.75, 3.05) is 18.0 Å². The summed E-state index contributed by atoms with van der Waals surface area (Å²) in [5.41, 5.74) is 0. The van der Waals surface area contributed by atoms with Gasteiger partial charge >= 0.3 is 0 Å². The molecule has 0 radical (unpaired) electrons. The maximum Gasteiger partial charge on any atom is 0.258 e. The van der Waals surface area contributed by atoms with Crippen molar-refractivity contribution in [1.29, 1.82) is 0 Å². The van der Waals surface area contributed by atoms with Gasteiger partial charge in [-0.2, -0.15) is 24.7 Å². The van der Waals surface area contributed by atoms with E-state index in [1.807, 2.05) is 0 Å². The number of aromatic nitrogens is 6. The average Bonchev–Trinajstić information content (AvgIpc) is 2.91. The van der Waals surface area contributed by atoms with Crippen LogP contribution in [0.4, 0.5) is 5.95 Å². The molecular weight excluding hydrogens is 290 g/mol. The summed E-state index contributed by atoms with van der Waals surface area (Å²) in [6, 6.07) is 0. The molecule has 112 valence electrons. The van der Waals surface area contributed by atoms with Crippen molar-refractivity contribution in [3.63, 3.8) is 0 Å². The van der Waals surface area contributed by atoms with Crippen molar-refractivity contribution in [2.24, 2.45) is 5.92 Å². The van der Waals surface area contributed by atoms with Crippen molar-refractivity contribution in [2.45, 2.75) is 32.6 Å². The zero-order valence-corrected chi connectivity index (χ0v) is 12.7. The Morgan fingerprint density at radius 3 is 2.81 bits per heavy atom. The van der Waals surface area contributed by atoms with E-state index in [4.69, 9.17) is 11.6 Å². The molecule has 1 unspecified atom stereocenters. The average molecular weight is 308 g/mol. The minimum absolute atomic E-state index is 0.182. The topological polar surface area (TPSA) is 72.6 Å². The molecule has 1 aliphatic heterocycles. The molecule has 21 heavy (non-hydrogen) atoms. The highest BCUT2D eigenvalue weighted by Crippen LogP contribution is 2.23. The second kappa shape index (κ2) is 6.34. The molecule has 3 rings (SSSR count). The van der Waals surface area contributed by atoms with Gasteiger partial charge in [-0.25, -0.2) is 4.98 Å². The van der Waals surface area contributed by atoms with Crippen LogP contribution in [0.25, 0.3) is 5.95 Å². The first kappa shape index (κ1) is 14.2. The van der Waals surface area contributed by atoms with Crippen LogP contribution in [-0.4, -0.2) is 42.8 Å². The predicted molar refractivity (Wildman–Crippen MR) is 79.6 cm³/mol. The Morgan fingerprint density at radius 1 is 1.19 bits per heavy atom. The van der Waals surface area contributed by atoms with E-state index in [-0.39, 0.29) is 5.28 Å². The van der Waals surface area contributed by atoms with Crippen LogP contribution in [-0.2, 0) is 0 Å². The maximum atomic E-state index is 6.03. The van der Waals surface area contributed by atoms with E-state index < -0.39 is 0 Å². The lowest BCUT2D eigenvalue weighted by Crippen LogP contribution is -2.27. The Balaban J connectivity index is 1.85. The first-order valence-corrected chi connectivity index (χ1v) is 7.65. The molecule has 1 fully saturated rings. The fourth-order valence-electron chi connectivity index (χ4n) is 2.66. The number of hydrogen-bond donors (Lipinski definition) is 0. The monoisotopic (exact) mass is 307 g/mol. The number of rotatable bonds is 3. The van der Waals surface area contributed by atoms with Gasteiger partial charge in [-0.3, -0.25) is 0 Å². The molecule has 2 aromatic heterocycles. The third-order valence-electron chi connectivity index (χ3n) is 3.92. The standard InChI is InChI=1S/C13H18ClN7/c1-2-10-4-3-6-20(7-5-10)12-17-11(14)18-13(19-12)21-9-15-8-16-21/h8-10H,2-7H2,1H3. The van der Waals surface area contributed by atoms with Crippen molar-refractivity contribution in [3.05, 3.63) is 17.9 Å². The largest absolute Gasteiger partial charge is 0.341 e. The van der Waals surface area contributed by atoms with Crippen LogP contribution in [0, 0.1) is 5.92 Å². The third-order valence-corrected chi connectivity index (χ3v) is 4.09. The van der Waals surface area contributed by atoms with Crippen LogP contribution >= 0.6 is 11.6 Å². The van der Waals surface area contributed by atoms with Crippen LogP contribution < -0.4 is 4.90 Å². The normalized spacial score (nSPS) is 19.5. The Morgan fingerprint density at radius 2 is 2.05 bits per heavy atom. The minimum Gasteiger partial charge on any atom is -0.341 e. The summed E-state index contributed by atoms with van der Waals surface area (Å²) >= 11 is 6.03. The van der Waals surface area contributed by atoms with Gasteiger partial charge in [-0.05, 0) is 36.8 Å². The molecule has 1 saturated heterocycles. The second-order valence-corrected chi connectivity index (χ2v) is 5.57. The van der Waals surface area contributed by atoms with Gasteiger partial charge in [0.2, 0.25) is 11.2 Å². The summed E-state index contributed by atoms with van der Waals surface area (Å²) < 4.78 is 1.49. The summed E-state index contributed by atoms with van der Waals surface area (Å²) in [5, 5.41) is 4.22. The maximum absolute atomic E-state index is 6.03. The van der Waals surface area contributed by atoms with Crippen LogP contribution in [0.3, 0.4) is 0 Å². The van der Waals surface area contributed by atoms with Crippen LogP contribution in [0.2, 0.25) is 5.28 Å². The number of anilines is 1. The Hall–Kier alpha value is -1.76. The first-order chi connectivity index (χ1) is 10.3. The van der Waals surface area contributed by atoms with Gasteiger partial charge < -0.3 is 4.90 Å². The quantitative estimate of drug-likeness (QED) is 0.865. The molecule has 7 nitrogen and oxygen atoms in total. The summed E-state index contributed by atoms with van der Waals surface area (Å²) in [6.45, 7) is 4.16. The fraction of sp³-hybridized carbons (Fsp3) is 0.615. The van der Waals surface area contributed by atoms with Crippen molar-refractivity contribution in [1.82, 2.24) is 29.7 Å². The molecule has 1 atom stereocenters. The molecular formula is C13H18ClN7. The lowest BCUT2D eigenvalue weighted by molar-refractivity contribution is 0.459. The smallest absolute Gasteiger partial charge is 0.258 e. The number of hydrogen-bond acceptors (Lipinski definition) is 6. The van der Waals surface area contributed by atoms with Gasteiger partial charge in [0, 0.05) is 13.1 Å². The molecule has 0 saturated carbocycles. The van der Waals surface area contributed by atoms with Gasteiger partial charge in [-0.15, -0.1) is 0 Å². The summed E-state index contributed by atoms with van der Waals surface area (Å²) in [5.74, 6) is 1.82. The van der Waals surface area contributed by atoms with Gasteiger partial charge in [0.1, 0.15) is 12.7 Å². The summed E-state index contributed by atoms with van der Waals surface area (Å²) in [6.07, 6.45) is 7.80. The lowest BCUT2D eigenvalue weighted by atomic mass is 9.98. The molecule has 0 aliphatic carbocycles. The summed E-state index contributed by atoms with van der Waals surface area (Å²) in [4.78, 5) is 18.9. The fourth-order valence-corrected chi connectivity index (χ4v) is 2.81. The highest BCUT2D eigenvalue weighted by molar-refractivity contribution is 6.28. The van der Waals surface area contributed by atoms with E-state index in [9.17, 15) is 0 Å². The van der Waals surface area contributed by atoms with E-state index in [1.165, 1.54) is 30.3 Å². The lowest BCUT2D eigenvalue weighted by Gasteiger charge is -2.20. The molecule has 0 spiro atoms. The van der Waals surface area contributed by atoms with Crippen molar-refractivity contribution in [3.8, 4) is 5.95 Å². The highest BCUT2D eigenvalue weighted by Gasteiger charge is 2.19. The summed E-state index contributed by atoms with van der Waals surface area (Å²) in [7, 11) is 0. The zero-order valence-electron chi connectivity index (χ0n) is 12.0. The molecule has 0 bridgehead atoms. The Bertz CT molecular complexity index is 586. The van der Waals surface area contributed by atoms with Crippen LogP contribution in [0.15, 0.2) is 12.7 Å². The molecule has 8 heteroatoms. The number of halogens is 1. The Labute approximate surface area is 128 Å². The molecule has 1 aliphatic rings. The van der Waals surface area contributed by atoms with Gasteiger partial charge in [0.15, 0.2) is 0 Å². The van der Waals surface area contributed by atoms with E-state index in [0.29, 0.717) is 11.9 Å². The molecule has 2 aromatic rings. The van der Waals surface area contributed by atoms with Gasteiger partial charge in [0.25, 0.3) is 5.95 Å². The molecule has 0 amide bonds. The highest BCUT2D eigenvalue weighted by atomic mass is 35.5. The first-order valence-electron chi connectivity index (χ1n) is 7.27. The molecule has 3 heterocycles. The number of nitrogens with zero attached hydrogens (tertiary/aromatic N) is 7. The third kappa shape index (κ3) is 3.29. The zero-order chi connectivity index (χ0) is 14.7.